The van der Waals surface area contributed by atoms with Gasteiger partial charge in [-0.1, -0.05) is 30.3 Å². The summed E-state index contributed by atoms with van der Waals surface area (Å²) in [5, 5.41) is 0. The van der Waals surface area contributed by atoms with Crippen LogP contribution in [-0.2, 0) is 21.2 Å². The summed E-state index contributed by atoms with van der Waals surface area (Å²) < 4.78 is 34.9. The molecule has 1 amide bonds. The average molecular weight is 404 g/mol. The summed E-state index contributed by atoms with van der Waals surface area (Å²) in [5.41, 5.74) is 0.917. The molecule has 0 N–H and O–H groups in total. The fraction of sp³-hybridized carbons (Fsp3) is 0.381. The van der Waals surface area contributed by atoms with Crippen molar-refractivity contribution in [3.63, 3.8) is 0 Å². The maximum atomic E-state index is 12.9. The molecular weight excluding hydrogens is 378 g/mol. The monoisotopic (exact) mass is 403 g/mol. The average Bonchev–Trinajstić information content (AvgIpc) is 3.06. The zero-order chi connectivity index (χ0) is 20.0. The lowest BCUT2D eigenvalue weighted by molar-refractivity contribution is -0.136. The first-order chi connectivity index (χ1) is 13.5. The summed E-state index contributed by atoms with van der Waals surface area (Å²) in [4.78, 5) is 14.5. The van der Waals surface area contributed by atoms with Crippen LogP contribution in [0.3, 0.4) is 0 Å². The number of para-hydroxylation sites is 1. The molecule has 1 heterocycles. The van der Waals surface area contributed by atoms with Crippen LogP contribution in [0.4, 0.5) is 0 Å². The molecule has 1 saturated heterocycles. The molecule has 1 aliphatic rings. The van der Waals surface area contributed by atoms with Crippen LogP contribution in [0.25, 0.3) is 0 Å². The lowest BCUT2D eigenvalue weighted by Crippen LogP contribution is -2.43. The first-order valence-corrected chi connectivity index (χ1v) is 11.2. The number of sulfone groups is 1. The van der Waals surface area contributed by atoms with E-state index in [-0.39, 0.29) is 30.1 Å². The third-order valence-electron chi connectivity index (χ3n) is 4.66. The third kappa shape index (κ3) is 5.48. The minimum Gasteiger partial charge on any atom is -0.494 e. The van der Waals surface area contributed by atoms with Crippen LogP contribution >= 0.6 is 0 Å². The van der Waals surface area contributed by atoms with Crippen molar-refractivity contribution in [2.24, 2.45) is 0 Å². The van der Waals surface area contributed by atoms with E-state index >= 15 is 0 Å². The lowest BCUT2D eigenvalue weighted by atomic mass is 10.1. The van der Waals surface area contributed by atoms with E-state index in [1.807, 2.05) is 49.4 Å². The first-order valence-electron chi connectivity index (χ1n) is 9.36. The second kappa shape index (κ2) is 9.10. The number of ether oxygens (including phenoxy) is 2. The van der Waals surface area contributed by atoms with Gasteiger partial charge in [-0.3, -0.25) is 4.79 Å². The molecule has 0 radical (unpaired) electrons. The third-order valence-corrected chi connectivity index (χ3v) is 6.41. The summed E-state index contributed by atoms with van der Waals surface area (Å²) in [6.07, 6.45) is 0.455. The van der Waals surface area contributed by atoms with Gasteiger partial charge in [-0.2, -0.15) is 0 Å². The standard InChI is InChI=1S/C21H25NO5S/c1-2-26-20-10-8-17(9-11-20)14-22(18-12-13-28(24,25)16-18)21(23)15-27-19-6-4-3-5-7-19/h3-11,18H,2,12-16H2,1H3. The van der Waals surface area contributed by atoms with Gasteiger partial charge in [-0.25, -0.2) is 8.42 Å². The van der Waals surface area contributed by atoms with E-state index in [9.17, 15) is 13.2 Å². The molecule has 1 unspecified atom stereocenters. The van der Waals surface area contributed by atoms with E-state index in [4.69, 9.17) is 9.47 Å². The molecule has 1 aliphatic heterocycles. The van der Waals surface area contributed by atoms with Gasteiger partial charge in [0, 0.05) is 12.6 Å². The van der Waals surface area contributed by atoms with Gasteiger partial charge >= 0.3 is 0 Å². The molecule has 28 heavy (non-hydrogen) atoms. The Balaban J connectivity index is 1.71. The highest BCUT2D eigenvalue weighted by Crippen LogP contribution is 2.22. The number of carbonyl (C=O) groups is 1. The van der Waals surface area contributed by atoms with Crippen LogP contribution in [0, 0.1) is 0 Å². The van der Waals surface area contributed by atoms with Gasteiger partial charge < -0.3 is 14.4 Å². The van der Waals surface area contributed by atoms with E-state index in [2.05, 4.69) is 0 Å². The summed E-state index contributed by atoms with van der Waals surface area (Å²) in [5.74, 6) is 1.27. The largest absolute Gasteiger partial charge is 0.494 e. The number of carbonyl (C=O) groups excluding carboxylic acids is 1. The predicted molar refractivity (Wildman–Crippen MR) is 107 cm³/mol. The molecule has 0 spiro atoms. The Hall–Kier alpha value is -2.54. The van der Waals surface area contributed by atoms with Crippen molar-refractivity contribution in [3.8, 4) is 11.5 Å². The number of hydrogen-bond donors (Lipinski definition) is 0. The maximum Gasteiger partial charge on any atom is 0.261 e. The van der Waals surface area contributed by atoms with Crippen molar-refractivity contribution in [2.45, 2.75) is 25.9 Å². The predicted octanol–water partition coefficient (Wildman–Crippen LogP) is 2.68. The second-order valence-corrected chi connectivity index (χ2v) is 8.99. The Bertz CT molecular complexity index is 881. The van der Waals surface area contributed by atoms with Crippen LogP contribution in [0.1, 0.15) is 18.9 Å². The Morgan fingerprint density at radius 2 is 1.71 bits per heavy atom. The molecule has 3 rings (SSSR count). The maximum absolute atomic E-state index is 12.9. The Labute approximate surface area is 166 Å². The zero-order valence-corrected chi connectivity index (χ0v) is 16.7. The number of benzene rings is 2. The molecule has 2 aromatic carbocycles. The van der Waals surface area contributed by atoms with Crippen molar-refractivity contribution in [2.75, 3.05) is 24.7 Å². The van der Waals surface area contributed by atoms with Gasteiger partial charge in [0.15, 0.2) is 16.4 Å². The Morgan fingerprint density at radius 1 is 1.04 bits per heavy atom. The fourth-order valence-corrected chi connectivity index (χ4v) is 4.97. The highest BCUT2D eigenvalue weighted by Gasteiger charge is 2.34. The van der Waals surface area contributed by atoms with Gasteiger partial charge in [0.25, 0.3) is 5.91 Å². The van der Waals surface area contributed by atoms with Gasteiger partial charge in [0.2, 0.25) is 0 Å². The number of rotatable bonds is 8. The van der Waals surface area contributed by atoms with Crippen LogP contribution < -0.4 is 9.47 Å². The molecule has 1 atom stereocenters. The van der Waals surface area contributed by atoms with Crippen LogP contribution in [0.2, 0.25) is 0 Å². The van der Waals surface area contributed by atoms with Crippen molar-refractivity contribution >= 4 is 15.7 Å². The van der Waals surface area contributed by atoms with E-state index in [1.54, 1.807) is 17.0 Å². The molecule has 2 aromatic rings. The van der Waals surface area contributed by atoms with Crippen molar-refractivity contribution in [3.05, 3.63) is 60.2 Å². The van der Waals surface area contributed by atoms with E-state index < -0.39 is 9.84 Å². The van der Waals surface area contributed by atoms with E-state index in [0.717, 1.165) is 11.3 Å². The van der Waals surface area contributed by atoms with Crippen LogP contribution in [0.15, 0.2) is 54.6 Å². The number of hydrogen-bond acceptors (Lipinski definition) is 5. The lowest BCUT2D eigenvalue weighted by Gasteiger charge is -2.28. The molecule has 1 fully saturated rings. The molecule has 0 aliphatic carbocycles. The molecule has 7 heteroatoms. The molecule has 0 bridgehead atoms. The van der Waals surface area contributed by atoms with Gasteiger partial charge in [-0.05, 0) is 43.2 Å². The van der Waals surface area contributed by atoms with E-state index in [0.29, 0.717) is 25.3 Å². The van der Waals surface area contributed by atoms with Crippen molar-refractivity contribution < 1.29 is 22.7 Å². The highest BCUT2D eigenvalue weighted by atomic mass is 32.2. The quantitative estimate of drug-likeness (QED) is 0.678. The molecule has 0 aromatic heterocycles. The molecule has 150 valence electrons. The van der Waals surface area contributed by atoms with Gasteiger partial charge in [0.05, 0.1) is 18.1 Å². The summed E-state index contributed by atoms with van der Waals surface area (Å²) in [7, 11) is -3.10. The van der Waals surface area contributed by atoms with Crippen LogP contribution in [0.5, 0.6) is 11.5 Å². The summed E-state index contributed by atoms with van der Waals surface area (Å²) >= 11 is 0. The number of amides is 1. The highest BCUT2D eigenvalue weighted by molar-refractivity contribution is 7.91. The SMILES string of the molecule is CCOc1ccc(CN(C(=O)COc2ccccc2)C2CCS(=O)(=O)C2)cc1. The van der Waals surface area contributed by atoms with Crippen molar-refractivity contribution in [1.29, 1.82) is 0 Å². The Kier molecular flexibility index (Phi) is 6.57. The summed E-state index contributed by atoms with van der Waals surface area (Å²) in [6.45, 7) is 2.71. The van der Waals surface area contributed by atoms with Gasteiger partial charge in [-0.15, -0.1) is 0 Å². The molecular formula is C21H25NO5S. The number of nitrogens with zero attached hydrogens (tertiary/aromatic N) is 1. The summed E-state index contributed by atoms with van der Waals surface area (Å²) in [6, 6.07) is 16.3. The van der Waals surface area contributed by atoms with Crippen LogP contribution in [-0.4, -0.2) is 50.0 Å². The second-order valence-electron chi connectivity index (χ2n) is 6.76. The Morgan fingerprint density at radius 3 is 2.32 bits per heavy atom. The topological polar surface area (TPSA) is 72.9 Å². The molecule has 0 saturated carbocycles. The normalized spacial score (nSPS) is 17.8. The minimum atomic E-state index is -3.10. The van der Waals surface area contributed by atoms with Gasteiger partial charge in [0.1, 0.15) is 11.5 Å². The molecule has 6 nitrogen and oxygen atoms in total. The van der Waals surface area contributed by atoms with E-state index in [1.165, 1.54) is 0 Å². The first kappa shape index (κ1) is 20.2. The fourth-order valence-electron chi connectivity index (χ4n) is 3.24. The van der Waals surface area contributed by atoms with Crippen molar-refractivity contribution in [1.82, 2.24) is 4.90 Å². The smallest absolute Gasteiger partial charge is 0.261 e. The minimum absolute atomic E-state index is 0.00110. The zero-order valence-electron chi connectivity index (χ0n) is 15.9.